The Morgan fingerprint density at radius 1 is 1.00 bits per heavy atom. The van der Waals surface area contributed by atoms with Crippen LogP contribution in [0.3, 0.4) is 0 Å². The minimum absolute atomic E-state index is 0.203. The molecular weight excluding hydrogens is 186 g/mol. The molecule has 0 saturated carbocycles. The van der Waals surface area contributed by atoms with Crippen LogP contribution in [0.4, 0.5) is 0 Å². The topological polar surface area (TPSA) is 29.1 Å². The molecule has 0 bridgehead atoms. The van der Waals surface area contributed by atoms with Gasteiger partial charge in [-0.2, -0.15) is 0 Å². The molecule has 0 aromatic carbocycles. The summed E-state index contributed by atoms with van der Waals surface area (Å²) >= 11 is 0. The zero-order valence-electron chi connectivity index (χ0n) is 10.8. The Kier molecular flexibility index (Phi) is 8.44. The molecule has 0 fully saturated rings. The fourth-order valence-corrected chi connectivity index (χ4v) is 1.53. The molecule has 0 heterocycles. The first-order chi connectivity index (χ1) is 7.02. The van der Waals surface area contributed by atoms with Gasteiger partial charge in [0.05, 0.1) is 0 Å². The highest BCUT2D eigenvalue weighted by molar-refractivity contribution is 5.75. The van der Waals surface area contributed by atoms with Gasteiger partial charge in [-0.1, -0.05) is 47.0 Å². The zero-order valence-corrected chi connectivity index (χ0v) is 10.8. The van der Waals surface area contributed by atoms with Crippen LogP contribution in [0.2, 0.25) is 0 Å². The van der Waals surface area contributed by atoms with Crippen LogP contribution in [-0.2, 0) is 4.79 Å². The predicted octanol–water partition coefficient (Wildman–Crippen LogP) is 3.37. The lowest BCUT2D eigenvalue weighted by Gasteiger charge is -2.07. The van der Waals surface area contributed by atoms with Crippen molar-refractivity contribution < 1.29 is 4.79 Å². The number of hydrogen-bond acceptors (Lipinski definition) is 1. The van der Waals surface area contributed by atoms with Crippen molar-refractivity contribution in [2.75, 3.05) is 6.54 Å². The number of amides is 1. The molecule has 1 N–H and O–H groups in total. The van der Waals surface area contributed by atoms with Gasteiger partial charge in [0, 0.05) is 13.0 Å². The molecular formula is C13H27NO. The third-order valence-electron chi connectivity index (χ3n) is 2.37. The minimum atomic E-state index is 0.203. The van der Waals surface area contributed by atoms with Gasteiger partial charge in [0.15, 0.2) is 0 Å². The van der Waals surface area contributed by atoms with E-state index in [4.69, 9.17) is 0 Å². The lowest BCUT2D eigenvalue weighted by atomic mass is 10.1. The predicted molar refractivity (Wildman–Crippen MR) is 65.8 cm³/mol. The molecule has 1 amide bonds. The largest absolute Gasteiger partial charge is 0.356 e. The lowest BCUT2D eigenvalue weighted by Crippen LogP contribution is -2.25. The monoisotopic (exact) mass is 213 g/mol. The van der Waals surface area contributed by atoms with Gasteiger partial charge in [-0.25, -0.2) is 0 Å². The number of unbranched alkanes of at least 4 members (excludes halogenated alkanes) is 2. The second-order valence-corrected chi connectivity index (χ2v) is 5.19. The molecule has 2 heteroatoms. The Morgan fingerprint density at radius 2 is 1.67 bits per heavy atom. The summed E-state index contributed by atoms with van der Waals surface area (Å²) in [5, 5.41) is 2.96. The number of carbonyl (C=O) groups excluding carboxylic acids is 1. The van der Waals surface area contributed by atoms with Crippen LogP contribution in [-0.4, -0.2) is 12.5 Å². The van der Waals surface area contributed by atoms with Crippen molar-refractivity contribution in [2.24, 2.45) is 11.8 Å². The second kappa shape index (κ2) is 8.75. The van der Waals surface area contributed by atoms with E-state index in [2.05, 4.69) is 33.0 Å². The van der Waals surface area contributed by atoms with Crippen molar-refractivity contribution in [1.29, 1.82) is 0 Å². The second-order valence-electron chi connectivity index (χ2n) is 5.19. The van der Waals surface area contributed by atoms with Gasteiger partial charge in [0.1, 0.15) is 0 Å². The maximum Gasteiger partial charge on any atom is 0.220 e. The molecule has 0 aliphatic rings. The van der Waals surface area contributed by atoms with Crippen LogP contribution in [0.15, 0.2) is 0 Å². The first-order valence-electron chi connectivity index (χ1n) is 6.29. The average molecular weight is 213 g/mol. The number of carbonyl (C=O) groups is 1. The van der Waals surface area contributed by atoms with Crippen molar-refractivity contribution in [2.45, 2.75) is 59.8 Å². The summed E-state index contributed by atoms with van der Waals surface area (Å²) < 4.78 is 0. The first kappa shape index (κ1) is 14.5. The highest BCUT2D eigenvalue weighted by Gasteiger charge is 2.03. The molecule has 0 spiro atoms. The molecule has 0 aliphatic heterocycles. The Balaban J connectivity index is 3.20. The van der Waals surface area contributed by atoms with Gasteiger partial charge in [-0.3, -0.25) is 4.79 Å². The van der Waals surface area contributed by atoms with Crippen molar-refractivity contribution in [1.82, 2.24) is 5.32 Å². The van der Waals surface area contributed by atoms with Crippen molar-refractivity contribution in [3.8, 4) is 0 Å². The number of nitrogens with one attached hydrogen (secondary N) is 1. The van der Waals surface area contributed by atoms with Crippen LogP contribution >= 0.6 is 0 Å². The Bertz CT molecular complexity index is 164. The van der Waals surface area contributed by atoms with E-state index in [9.17, 15) is 4.79 Å². The van der Waals surface area contributed by atoms with E-state index in [1.165, 1.54) is 19.3 Å². The van der Waals surface area contributed by atoms with Crippen LogP contribution in [0.5, 0.6) is 0 Å². The summed E-state index contributed by atoms with van der Waals surface area (Å²) in [6, 6.07) is 0. The molecule has 0 aromatic rings. The molecule has 0 radical (unpaired) electrons. The van der Waals surface area contributed by atoms with E-state index in [1.807, 2.05) is 0 Å². The van der Waals surface area contributed by atoms with Crippen LogP contribution < -0.4 is 5.32 Å². The third kappa shape index (κ3) is 11.4. The smallest absolute Gasteiger partial charge is 0.220 e. The fourth-order valence-electron chi connectivity index (χ4n) is 1.53. The Morgan fingerprint density at radius 3 is 2.20 bits per heavy atom. The molecule has 0 atom stereocenters. The third-order valence-corrected chi connectivity index (χ3v) is 2.37. The highest BCUT2D eigenvalue weighted by Crippen LogP contribution is 2.07. The molecule has 15 heavy (non-hydrogen) atoms. The van der Waals surface area contributed by atoms with E-state index in [0.29, 0.717) is 12.3 Å². The standard InChI is InChI=1S/C13H27NO/c1-11(2)8-6-5-7-9-14-13(15)10-12(3)4/h11-12H,5-10H2,1-4H3,(H,14,15). The summed E-state index contributed by atoms with van der Waals surface area (Å²) in [5.74, 6) is 1.47. The molecule has 0 unspecified atom stereocenters. The molecule has 2 nitrogen and oxygen atoms in total. The summed E-state index contributed by atoms with van der Waals surface area (Å²) in [5.41, 5.74) is 0. The quantitative estimate of drug-likeness (QED) is 0.615. The molecule has 90 valence electrons. The normalized spacial score (nSPS) is 11.1. The van der Waals surface area contributed by atoms with E-state index in [-0.39, 0.29) is 5.91 Å². The van der Waals surface area contributed by atoms with E-state index < -0.39 is 0 Å². The van der Waals surface area contributed by atoms with Crippen LogP contribution in [0.1, 0.15) is 59.8 Å². The highest BCUT2D eigenvalue weighted by atomic mass is 16.1. The summed E-state index contributed by atoms with van der Waals surface area (Å²) in [4.78, 5) is 11.3. The molecule has 0 aromatic heterocycles. The van der Waals surface area contributed by atoms with Crippen LogP contribution in [0.25, 0.3) is 0 Å². The minimum Gasteiger partial charge on any atom is -0.356 e. The maximum atomic E-state index is 11.3. The maximum absolute atomic E-state index is 11.3. The summed E-state index contributed by atoms with van der Waals surface area (Å²) in [6.07, 6.45) is 5.61. The summed E-state index contributed by atoms with van der Waals surface area (Å²) in [7, 11) is 0. The zero-order chi connectivity index (χ0) is 11.7. The van der Waals surface area contributed by atoms with Gasteiger partial charge >= 0.3 is 0 Å². The van der Waals surface area contributed by atoms with E-state index >= 15 is 0 Å². The first-order valence-corrected chi connectivity index (χ1v) is 6.29. The Hall–Kier alpha value is -0.530. The lowest BCUT2D eigenvalue weighted by molar-refractivity contribution is -0.121. The average Bonchev–Trinajstić information content (AvgIpc) is 2.09. The van der Waals surface area contributed by atoms with Gasteiger partial charge in [-0.05, 0) is 18.3 Å². The van der Waals surface area contributed by atoms with E-state index in [1.54, 1.807) is 0 Å². The van der Waals surface area contributed by atoms with Gasteiger partial charge in [0.2, 0.25) is 5.91 Å². The van der Waals surface area contributed by atoms with Crippen LogP contribution in [0, 0.1) is 11.8 Å². The molecule has 0 aliphatic carbocycles. The van der Waals surface area contributed by atoms with Crippen molar-refractivity contribution in [3.63, 3.8) is 0 Å². The van der Waals surface area contributed by atoms with Gasteiger partial charge < -0.3 is 5.32 Å². The Labute approximate surface area is 94.8 Å². The van der Waals surface area contributed by atoms with Gasteiger partial charge in [-0.15, -0.1) is 0 Å². The summed E-state index contributed by atoms with van der Waals surface area (Å²) in [6.45, 7) is 9.50. The fraction of sp³-hybridized carbons (Fsp3) is 0.923. The number of hydrogen-bond donors (Lipinski definition) is 1. The van der Waals surface area contributed by atoms with Gasteiger partial charge in [0.25, 0.3) is 0 Å². The number of rotatable bonds is 8. The molecule has 0 saturated heterocycles. The van der Waals surface area contributed by atoms with E-state index in [0.717, 1.165) is 18.9 Å². The molecule has 0 rings (SSSR count). The SMILES string of the molecule is CC(C)CCCCCNC(=O)CC(C)C. The van der Waals surface area contributed by atoms with Crippen molar-refractivity contribution in [3.05, 3.63) is 0 Å². The van der Waals surface area contributed by atoms with Crippen molar-refractivity contribution >= 4 is 5.91 Å².